The number of hydrogen-bond acceptors (Lipinski definition) is 6. The first kappa shape index (κ1) is 25.0. The van der Waals surface area contributed by atoms with Crippen molar-refractivity contribution in [2.75, 3.05) is 13.7 Å². The number of rotatable bonds is 10. The summed E-state index contributed by atoms with van der Waals surface area (Å²) in [6, 6.07) is 16.9. The van der Waals surface area contributed by atoms with Gasteiger partial charge in [-0.25, -0.2) is 0 Å². The molecule has 186 valence electrons. The number of carbonyl (C=O) groups is 2. The van der Waals surface area contributed by atoms with E-state index in [1.807, 2.05) is 0 Å². The van der Waals surface area contributed by atoms with Gasteiger partial charge in [0.25, 0.3) is 11.7 Å². The van der Waals surface area contributed by atoms with Crippen molar-refractivity contribution in [1.82, 2.24) is 9.88 Å². The summed E-state index contributed by atoms with van der Waals surface area (Å²) in [7, 11) is 1.57. The van der Waals surface area contributed by atoms with Gasteiger partial charge in [-0.15, -0.1) is 0 Å². The average molecular weight is 487 g/mol. The van der Waals surface area contributed by atoms with Crippen LogP contribution in [-0.4, -0.2) is 40.4 Å². The van der Waals surface area contributed by atoms with Crippen molar-refractivity contribution in [3.05, 3.63) is 95.3 Å². The number of pyridine rings is 1. The molecule has 1 aliphatic rings. The molecule has 1 amide bonds. The molecular formula is C29H30N2O5. The van der Waals surface area contributed by atoms with Crippen molar-refractivity contribution in [1.29, 1.82) is 0 Å². The maximum absolute atomic E-state index is 13.2. The second-order valence-corrected chi connectivity index (χ2v) is 8.64. The molecule has 1 aromatic heterocycles. The van der Waals surface area contributed by atoms with E-state index in [2.05, 4.69) is 11.9 Å². The van der Waals surface area contributed by atoms with Crippen LogP contribution in [0.4, 0.5) is 0 Å². The fourth-order valence-corrected chi connectivity index (χ4v) is 4.27. The maximum Gasteiger partial charge on any atom is 0.295 e. The van der Waals surface area contributed by atoms with E-state index in [0.29, 0.717) is 29.2 Å². The Hall–Kier alpha value is -4.13. The Morgan fingerprint density at radius 2 is 1.61 bits per heavy atom. The normalized spacial score (nSPS) is 16.8. The van der Waals surface area contributed by atoms with Crippen LogP contribution >= 0.6 is 0 Å². The molecule has 2 aromatic carbocycles. The highest BCUT2D eigenvalue weighted by molar-refractivity contribution is 6.46. The summed E-state index contributed by atoms with van der Waals surface area (Å²) in [5, 5.41) is 11.3. The number of aromatic nitrogens is 1. The Kier molecular flexibility index (Phi) is 8.00. The fourth-order valence-electron chi connectivity index (χ4n) is 4.27. The summed E-state index contributed by atoms with van der Waals surface area (Å²) in [5.41, 5.74) is 2.02. The van der Waals surface area contributed by atoms with E-state index in [1.54, 1.807) is 80.2 Å². The van der Waals surface area contributed by atoms with Crippen LogP contribution in [0.15, 0.2) is 78.6 Å². The smallest absolute Gasteiger partial charge is 0.295 e. The Balaban J connectivity index is 1.70. The molecular weight excluding hydrogens is 456 g/mol. The third-order valence-electron chi connectivity index (χ3n) is 6.22. The molecule has 1 aliphatic heterocycles. The summed E-state index contributed by atoms with van der Waals surface area (Å²) in [4.78, 5) is 31.9. The number of aliphatic hydroxyl groups is 1. The molecule has 36 heavy (non-hydrogen) atoms. The molecule has 0 saturated carbocycles. The van der Waals surface area contributed by atoms with Gasteiger partial charge in [0.05, 0.1) is 25.3 Å². The average Bonchev–Trinajstić information content (AvgIpc) is 3.16. The minimum Gasteiger partial charge on any atom is -0.507 e. The number of likely N-dealkylation sites (tertiary alicyclic amines) is 1. The highest BCUT2D eigenvalue weighted by atomic mass is 16.5. The van der Waals surface area contributed by atoms with Crippen molar-refractivity contribution in [3.8, 4) is 11.5 Å². The van der Waals surface area contributed by atoms with Crippen molar-refractivity contribution < 1.29 is 24.2 Å². The molecule has 1 fully saturated rings. The molecule has 1 atom stereocenters. The number of amides is 1. The molecule has 4 rings (SSSR count). The van der Waals surface area contributed by atoms with Gasteiger partial charge in [0.2, 0.25) is 0 Å². The highest BCUT2D eigenvalue weighted by Gasteiger charge is 2.46. The number of methoxy groups -OCH3 is 1. The molecule has 0 bridgehead atoms. The van der Waals surface area contributed by atoms with Crippen LogP contribution in [0.5, 0.6) is 11.5 Å². The van der Waals surface area contributed by atoms with Crippen LogP contribution < -0.4 is 9.47 Å². The molecule has 7 heteroatoms. The standard InChI is InChI=1S/C29H30N2O5/c1-3-4-5-18-36-24-12-8-22(9-13-24)27(32)25-26(21-6-10-23(35-2)11-7-21)31(29(34)28(25)33)19-20-14-16-30-17-15-20/h6-17,26,32H,3-5,18-19H2,1-2H3/b27-25+. The number of benzene rings is 2. The predicted molar refractivity (Wildman–Crippen MR) is 137 cm³/mol. The number of hydrogen-bond donors (Lipinski definition) is 1. The van der Waals surface area contributed by atoms with E-state index in [-0.39, 0.29) is 17.9 Å². The number of ketones is 1. The summed E-state index contributed by atoms with van der Waals surface area (Å²) in [6.07, 6.45) is 6.47. The molecule has 7 nitrogen and oxygen atoms in total. The summed E-state index contributed by atoms with van der Waals surface area (Å²) < 4.78 is 11.0. The van der Waals surface area contributed by atoms with E-state index in [0.717, 1.165) is 24.8 Å². The van der Waals surface area contributed by atoms with E-state index in [4.69, 9.17) is 9.47 Å². The van der Waals surface area contributed by atoms with Crippen molar-refractivity contribution in [2.24, 2.45) is 0 Å². The third-order valence-corrected chi connectivity index (χ3v) is 6.22. The first-order valence-electron chi connectivity index (χ1n) is 12.1. The molecule has 1 N–H and O–H groups in total. The zero-order valence-corrected chi connectivity index (χ0v) is 20.5. The largest absolute Gasteiger partial charge is 0.507 e. The number of aliphatic hydroxyl groups excluding tert-OH is 1. The number of ether oxygens (including phenoxy) is 2. The van der Waals surface area contributed by atoms with Gasteiger partial charge < -0.3 is 19.5 Å². The summed E-state index contributed by atoms with van der Waals surface area (Å²) in [6.45, 7) is 2.96. The Labute approximate surface area is 211 Å². The van der Waals surface area contributed by atoms with Crippen molar-refractivity contribution in [3.63, 3.8) is 0 Å². The topological polar surface area (TPSA) is 89.0 Å². The highest BCUT2D eigenvalue weighted by Crippen LogP contribution is 2.40. The lowest BCUT2D eigenvalue weighted by molar-refractivity contribution is -0.140. The lowest BCUT2D eigenvalue weighted by atomic mass is 9.95. The quantitative estimate of drug-likeness (QED) is 0.182. The van der Waals surface area contributed by atoms with Gasteiger partial charge in [-0.3, -0.25) is 14.6 Å². The maximum atomic E-state index is 13.2. The second-order valence-electron chi connectivity index (χ2n) is 8.64. The van der Waals surface area contributed by atoms with E-state index < -0.39 is 17.7 Å². The van der Waals surface area contributed by atoms with E-state index in [9.17, 15) is 14.7 Å². The first-order chi connectivity index (χ1) is 17.5. The van der Waals surface area contributed by atoms with Gasteiger partial charge in [0, 0.05) is 24.5 Å². The number of nitrogens with zero attached hydrogens (tertiary/aromatic N) is 2. The van der Waals surface area contributed by atoms with Gasteiger partial charge in [-0.05, 0) is 66.1 Å². The van der Waals surface area contributed by atoms with Crippen LogP contribution in [0.2, 0.25) is 0 Å². The van der Waals surface area contributed by atoms with E-state index >= 15 is 0 Å². The molecule has 0 aliphatic carbocycles. The van der Waals surface area contributed by atoms with Crippen LogP contribution in [0, 0.1) is 0 Å². The van der Waals surface area contributed by atoms with E-state index in [1.165, 1.54) is 4.90 Å². The monoisotopic (exact) mass is 486 g/mol. The Bertz CT molecular complexity index is 1220. The molecule has 1 unspecified atom stereocenters. The predicted octanol–water partition coefficient (Wildman–Crippen LogP) is 5.28. The molecule has 0 spiro atoms. The number of unbranched alkanes of at least 4 members (excludes halogenated alkanes) is 2. The minimum atomic E-state index is -0.756. The zero-order chi connectivity index (χ0) is 25.5. The van der Waals surface area contributed by atoms with Crippen LogP contribution in [-0.2, 0) is 16.1 Å². The Morgan fingerprint density at radius 3 is 2.25 bits per heavy atom. The summed E-state index contributed by atoms with van der Waals surface area (Å²) >= 11 is 0. The zero-order valence-electron chi connectivity index (χ0n) is 20.5. The summed E-state index contributed by atoms with van der Waals surface area (Å²) in [5.74, 6) is -0.261. The molecule has 0 radical (unpaired) electrons. The minimum absolute atomic E-state index is 0.0517. The van der Waals surface area contributed by atoms with Crippen LogP contribution in [0.3, 0.4) is 0 Å². The van der Waals surface area contributed by atoms with Crippen molar-refractivity contribution >= 4 is 17.4 Å². The van der Waals surface area contributed by atoms with Gasteiger partial charge in [0.1, 0.15) is 17.3 Å². The van der Waals surface area contributed by atoms with Gasteiger partial charge in [-0.2, -0.15) is 0 Å². The first-order valence-corrected chi connectivity index (χ1v) is 12.1. The third kappa shape index (κ3) is 5.40. The molecule has 2 heterocycles. The van der Waals surface area contributed by atoms with Gasteiger partial charge >= 0.3 is 0 Å². The number of carbonyl (C=O) groups excluding carboxylic acids is 2. The lowest BCUT2D eigenvalue weighted by Gasteiger charge is -2.25. The van der Waals surface area contributed by atoms with Crippen LogP contribution in [0.1, 0.15) is 48.9 Å². The number of Topliss-reactive ketones (excluding diaryl/α,β-unsaturated/α-hetero) is 1. The molecule has 3 aromatic rings. The second kappa shape index (κ2) is 11.5. The lowest BCUT2D eigenvalue weighted by Crippen LogP contribution is -2.29. The van der Waals surface area contributed by atoms with Crippen molar-refractivity contribution in [2.45, 2.75) is 38.8 Å². The van der Waals surface area contributed by atoms with Gasteiger partial charge in [-0.1, -0.05) is 31.9 Å². The van der Waals surface area contributed by atoms with Gasteiger partial charge in [0.15, 0.2) is 0 Å². The Morgan fingerprint density at radius 1 is 0.944 bits per heavy atom. The SMILES string of the molecule is CCCCCOc1ccc(/C(O)=C2\C(=O)C(=O)N(Cc3ccncc3)C2c2ccc(OC)cc2)cc1. The molecule has 1 saturated heterocycles. The fraction of sp³-hybridized carbons (Fsp3) is 0.276. The van der Waals surface area contributed by atoms with Crippen LogP contribution in [0.25, 0.3) is 5.76 Å².